The Labute approximate surface area is 327 Å². The van der Waals surface area contributed by atoms with Crippen molar-refractivity contribution in [2.75, 3.05) is 27.3 Å². The van der Waals surface area contributed by atoms with E-state index in [1.54, 1.807) is 6.20 Å². The summed E-state index contributed by atoms with van der Waals surface area (Å²) in [7, 11) is 2.63. The fourth-order valence-electron chi connectivity index (χ4n) is 7.43. The number of carbonyl (C=O) groups is 4. The number of alkyl carbamates (subject to hydrolysis) is 2. The van der Waals surface area contributed by atoms with Gasteiger partial charge in [0.25, 0.3) is 0 Å². The van der Waals surface area contributed by atoms with Gasteiger partial charge in [0.2, 0.25) is 11.8 Å². The van der Waals surface area contributed by atoms with Crippen LogP contribution in [0.4, 0.5) is 9.59 Å². The Morgan fingerprint density at radius 3 is 1.86 bits per heavy atom. The zero-order valence-electron chi connectivity index (χ0n) is 33.0. The number of ether oxygens (including phenoxy) is 2. The average Bonchev–Trinajstić information content (AvgIpc) is 4.02. The minimum atomic E-state index is -0.543. The van der Waals surface area contributed by atoms with Gasteiger partial charge in [0, 0.05) is 49.1 Å². The maximum atomic E-state index is 13.4. The van der Waals surface area contributed by atoms with Crippen molar-refractivity contribution in [3.05, 3.63) is 71.4 Å². The molecule has 2 saturated heterocycles. The zero-order chi connectivity index (χ0) is 39.9. The Kier molecular flexibility index (Phi) is 12.6. The molecular weight excluding hydrogens is 713 g/mol. The number of fused-ring (bicyclic) bond motifs is 1. The molecule has 4 atom stereocenters. The van der Waals surface area contributed by atoms with Gasteiger partial charge >= 0.3 is 12.2 Å². The van der Waals surface area contributed by atoms with Gasteiger partial charge in [-0.3, -0.25) is 9.59 Å². The van der Waals surface area contributed by atoms with Crippen molar-refractivity contribution < 1.29 is 28.7 Å². The maximum absolute atomic E-state index is 13.4. The van der Waals surface area contributed by atoms with Crippen LogP contribution in [0.1, 0.15) is 101 Å². The molecule has 2 aliphatic rings. The lowest BCUT2D eigenvalue weighted by atomic mass is 10.00. The summed E-state index contributed by atoms with van der Waals surface area (Å²) < 4.78 is 9.51. The molecule has 2 aromatic carbocycles. The number of imidazole rings is 2. The van der Waals surface area contributed by atoms with Crippen LogP contribution in [0.2, 0.25) is 0 Å². The largest absolute Gasteiger partial charge is 0.453 e. The standard InChI is InChI=1S/C42H52N8O6/c1-25(2)31(47-41(53)55-5)22-37(51)49-19-7-9-35(49)39-43-24-34(46-39)29-16-13-27(14-17-29)11-12-28-15-18-30-33(21-28)45-40(44-30)36-10-8-20-50(36)38(52)23-32(26(3)4)48-42(54)56-6/h13-18,21,24-26,31-32,35-36H,7-10,19-20,22-23H2,1-6H3,(H,43,46)(H,44,45)(H,47,53)(H,48,54). The summed E-state index contributed by atoms with van der Waals surface area (Å²) in [5.41, 5.74) is 5.15. The summed E-state index contributed by atoms with van der Waals surface area (Å²) in [5, 5.41) is 5.58. The number of rotatable bonds is 11. The monoisotopic (exact) mass is 764 g/mol. The van der Waals surface area contributed by atoms with E-state index >= 15 is 0 Å². The highest BCUT2D eigenvalue weighted by Crippen LogP contribution is 2.34. The molecule has 4 N–H and O–H groups in total. The van der Waals surface area contributed by atoms with Crippen molar-refractivity contribution >= 4 is 35.0 Å². The molecule has 4 amide bonds. The molecule has 4 unspecified atom stereocenters. The number of nitrogens with one attached hydrogen (secondary N) is 4. The van der Waals surface area contributed by atoms with Crippen molar-refractivity contribution in [3.8, 4) is 23.1 Å². The van der Waals surface area contributed by atoms with Gasteiger partial charge in [-0.2, -0.15) is 0 Å². The Morgan fingerprint density at radius 2 is 1.30 bits per heavy atom. The molecule has 6 rings (SSSR count). The molecule has 4 aromatic rings. The molecule has 2 fully saturated rings. The van der Waals surface area contributed by atoms with Gasteiger partial charge < -0.3 is 39.9 Å². The van der Waals surface area contributed by atoms with Gasteiger partial charge in [-0.05, 0) is 73.4 Å². The summed E-state index contributed by atoms with van der Waals surface area (Å²) >= 11 is 0. The van der Waals surface area contributed by atoms with Gasteiger partial charge in [0.1, 0.15) is 11.6 Å². The first-order valence-electron chi connectivity index (χ1n) is 19.4. The number of nitrogens with zero attached hydrogens (tertiary/aromatic N) is 4. The van der Waals surface area contributed by atoms with E-state index in [1.165, 1.54) is 14.2 Å². The van der Waals surface area contributed by atoms with Crippen LogP contribution in [-0.4, -0.2) is 93.1 Å². The van der Waals surface area contributed by atoms with Crippen LogP contribution in [0.5, 0.6) is 0 Å². The third-order valence-corrected chi connectivity index (χ3v) is 10.8. The lowest BCUT2D eigenvalue weighted by Gasteiger charge is -2.27. The van der Waals surface area contributed by atoms with E-state index in [9.17, 15) is 19.2 Å². The first kappa shape index (κ1) is 39.8. The Bertz CT molecular complexity index is 2090. The molecule has 2 aromatic heterocycles. The average molecular weight is 765 g/mol. The van der Waals surface area contributed by atoms with Gasteiger partial charge in [-0.15, -0.1) is 0 Å². The van der Waals surface area contributed by atoms with Crippen LogP contribution in [-0.2, 0) is 19.1 Å². The Balaban J connectivity index is 1.09. The van der Waals surface area contributed by atoms with Crippen molar-refractivity contribution in [2.45, 2.75) is 90.4 Å². The lowest BCUT2D eigenvalue weighted by molar-refractivity contribution is -0.133. The van der Waals surface area contributed by atoms with Crippen LogP contribution in [0, 0.1) is 23.7 Å². The smallest absolute Gasteiger partial charge is 0.407 e. The molecule has 14 nitrogen and oxygen atoms in total. The minimum absolute atomic E-state index is 0.0224. The number of hydrogen-bond donors (Lipinski definition) is 4. The summed E-state index contributed by atoms with van der Waals surface area (Å²) in [6.07, 6.45) is 4.46. The number of H-pyrrole nitrogens is 2. The molecule has 2 aliphatic heterocycles. The highest BCUT2D eigenvalue weighted by Gasteiger charge is 2.35. The molecule has 0 radical (unpaired) electrons. The van der Waals surface area contributed by atoms with E-state index in [2.05, 4.69) is 37.4 Å². The number of hydrogen-bond acceptors (Lipinski definition) is 8. The fourth-order valence-corrected chi connectivity index (χ4v) is 7.43. The van der Waals surface area contributed by atoms with E-state index in [-0.39, 0.29) is 60.7 Å². The molecule has 0 spiro atoms. The van der Waals surface area contributed by atoms with E-state index in [0.29, 0.717) is 13.1 Å². The number of aromatic amines is 2. The molecule has 14 heteroatoms. The van der Waals surface area contributed by atoms with Gasteiger partial charge in [0.15, 0.2) is 0 Å². The first-order valence-corrected chi connectivity index (χ1v) is 19.4. The number of methoxy groups -OCH3 is 2. The summed E-state index contributed by atoms with van der Waals surface area (Å²) in [6.45, 7) is 9.16. The molecule has 0 aliphatic carbocycles. The third-order valence-electron chi connectivity index (χ3n) is 10.8. The van der Waals surface area contributed by atoms with Crippen molar-refractivity contribution in [2.24, 2.45) is 11.8 Å². The van der Waals surface area contributed by atoms with Crippen molar-refractivity contribution in [1.29, 1.82) is 0 Å². The summed E-state index contributed by atoms with van der Waals surface area (Å²) in [6, 6.07) is 12.8. The number of aromatic nitrogens is 4. The maximum Gasteiger partial charge on any atom is 0.407 e. The Hall–Kier alpha value is -5.84. The molecule has 0 saturated carbocycles. The van der Waals surface area contributed by atoms with Crippen LogP contribution in [0.25, 0.3) is 22.3 Å². The highest BCUT2D eigenvalue weighted by atomic mass is 16.5. The predicted octanol–water partition coefficient (Wildman–Crippen LogP) is 6.22. The minimum Gasteiger partial charge on any atom is -0.453 e. The van der Waals surface area contributed by atoms with E-state index in [4.69, 9.17) is 14.5 Å². The topological polar surface area (TPSA) is 175 Å². The summed E-state index contributed by atoms with van der Waals surface area (Å²) in [4.78, 5) is 70.6. The van der Waals surface area contributed by atoms with Gasteiger partial charge in [-0.25, -0.2) is 19.6 Å². The Morgan fingerprint density at radius 1 is 0.768 bits per heavy atom. The van der Waals surface area contributed by atoms with Crippen LogP contribution < -0.4 is 10.6 Å². The zero-order valence-corrected chi connectivity index (χ0v) is 33.0. The third kappa shape index (κ3) is 9.33. The second-order valence-corrected chi connectivity index (χ2v) is 15.2. The number of likely N-dealkylation sites (tertiary alicyclic amines) is 2. The van der Waals surface area contributed by atoms with Gasteiger partial charge in [0.05, 0.1) is 49.2 Å². The van der Waals surface area contributed by atoms with Crippen molar-refractivity contribution in [1.82, 2.24) is 40.4 Å². The van der Waals surface area contributed by atoms with Crippen LogP contribution in [0.3, 0.4) is 0 Å². The summed E-state index contributed by atoms with van der Waals surface area (Å²) in [5.74, 6) is 8.10. The van der Waals surface area contributed by atoms with E-state index in [0.717, 1.165) is 70.7 Å². The van der Waals surface area contributed by atoms with Crippen molar-refractivity contribution in [3.63, 3.8) is 0 Å². The number of carbonyl (C=O) groups excluding carboxylic acids is 4. The normalized spacial score (nSPS) is 17.8. The number of benzene rings is 2. The van der Waals surface area contributed by atoms with E-state index < -0.39 is 12.2 Å². The van der Waals surface area contributed by atoms with Crippen LogP contribution in [0.15, 0.2) is 48.7 Å². The number of amides is 4. The quantitative estimate of drug-likeness (QED) is 0.130. The SMILES string of the molecule is COC(=O)NC(CC(=O)N1CCCC1c1ncc(-c2ccc(C#Cc3ccc4nc(C5CCCN5C(=O)CC(NC(=O)OC)C(C)C)[nH]c4c3)cc2)[nH]1)C(C)C. The molecule has 4 heterocycles. The highest BCUT2D eigenvalue weighted by molar-refractivity contribution is 5.80. The van der Waals surface area contributed by atoms with Gasteiger partial charge in [-0.1, -0.05) is 51.7 Å². The fraction of sp³-hybridized carbons (Fsp3) is 0.476. The predicted molar refractivity (Wildman–Crippen MR) is 211 cm³/mol. The second-order valence-electron chi connectivity index (χ2n) is 15.2. The van der Waals surface area contributed by atoms with Crippen LogP contribution >= 0.6 is 0 Å². The molecule has 0 bridgehead atoms. The molecule has 296 valence electrons. The second kappa shape index (κ2) is 17.7. The van der Waals surface area contributed by atoms with E-state index in [1.807, 2.05) is 80.0 Å². The first-order chi connectivity index (χ1) is 26.9. The molecular formula is C42H52N8O6. The lowest BCUT2D eigenvalue weighted by Crippen LogP contribution is -2.43. The molecule has 56 heavy (non-hydrogen) atoms.